The van der Waals surface area contributed by atoms with Gasteiger partial charge in [0.25, 0.3) is 0 Å². The highest BCUT2D eigenvalue weighted by Gasteiger charge is 2.44. The molecule has 0 radical (unpaired) electrons. The van der Waals surface area contributed by atoms with E-state index in [-0.39, 0.29) is 0 Å². The van der Waals surface area contributed by atoms with Crippen LogP contribution < -0.4 is 5.73 Å². The van der Waals surface area contributed by atoms with E-state index in [1.54, 1.807) is 0 Å². The Morgan fingerprint density at radius 2 is 1.85 bits per heavy atom. The summed E-state index contributed by atoms with van der Waals surface area (Å²) >= 11 is 0. The van der Waals surface area contributed by atoms with Gasteiger partial charge in [0.15, 0.2) is 0 Å². The quantitative estimate of drug-likeness (QED) is 0.661. The molecule has 2 N–H and O–H groups in total. The summed E-state index contributed by atoms with van der Waals surface area (Å²) < 4.78 is 0. The zero-order valence-corrected chi connectivity index (χ0v) is 9.22. The first kappa shape index (κ1) is 9.51. The molecule has 2 aliphatic carbocycles. The van der Waals surface area contributed by atoms with E-state index in [1.807, 2.05) is 0 Å². The van der Waals surface area contributed by atoms with Gasteiger partial charge in [0.2, 0.25) is 0 Å². The van der Waals surface area contributed by atoms with Crippen LogP contribution in [-0.4, -0.2) is 6.04 Å². The third-order valence-corrected chi connectivity index (χ3v) is 4.25. The summed E-state index contributed by atoms with van der Waals surface area (Å²) in [7, 11) is 0. The first-order valence-corrected chi connectivity index (χ1v) is 5.74. The summed E-state index contributed by atoms with van der Waals surface area (Å²) in [6.45, 7) is 6.84. The molecule has 0 aliphatic heterocycles. The van der Waals surface area contributed by atoms with Gasteiger partial charge in [-0.15, -0.1) is 0 Å². The molecule has 2 saturated carbocycles. The second-order valence-corrected chi connectivity index (χ2v) is 6.23. The van der Waals surface area contributed by atoms with E-state index in [4.69, 9.17) is 5.73 Å². The van der Waals surface area contributed by atoms with Crippen LogP contribution in [0.3, 0.4) is 0 Å². The van der Waals surface area contributed by atoms with Crippen molar-refractivity contribution >= 4 is 0 Å². The van der Waals surface area contributed by atoms with Crippen LogP contribution in [-0.2, 0) is 0 Å². The number of hydrogen-bond donors (Lipinski definition) is 1. The van der Waals surface area contributed by atoms with E-state index < -0.39 is 0 Å². The molecule has 0 amide bonds. The summed E-state index contributed by atoms with van der Waals surface area (Å²) in [5.41, 5.74) is 6.64. The first-order chi connectivity index (χ1) is 5.98. The average molecular weight is 181 g/mol. The van der Waals surface area contributed by atoms with E-state index in [1.165, 1.54) is 25.7 Å². The minimum atomic E-state index is 0.301. The van der Waals surface area contributed by atoms with Crippen molar-refractivity contribution in [1.29, 1.82) is 0 Å². The van der Waals surface area contributed by atoms with Crippen LogP contribution in [0.4, 0.5) is 0 Å². The van der Waals surface area contributed by atoms with Crippen LogP contribution in [0.15, 0.2) is 0 Å². The van der Waals surface area contributed by atoms with Gasteiger partial charge in [-0.05, 0) is 42.4 Å². The zero-order chi connectivity index (χ0) is 9.64. The summed E-state index contributed by atoms with van der Waals surface area (Å²) in [6, 6.07) is 0.419. The minimum Gasteiger partial charge on any atom is -0.327 e. The second kappa shape index (κ2) is 2.98. The van der Waals surface area contributed by atoms with Gasteiger partial charge in [0.1, 0.15) is 0 Å². The van der Waals surface area contributed by atoms with Crippen LogP contribution in [0, 0.1) is 23.2 Å². The van der Waals surface area contributed by atoms with E-state index >= 15 is 0 Å². The fourth-order valence-corrected chi connectivity index (χ4v) is 3.38. The van der Waals surface area contributed by atoms with Crippen molar-refractivity contribution in [3.63, 3.8) is 0 Å². The van der Waals surface area contributed by atoms with E-state index in [2.05, 4.69) is 20.8 Å². The van der Waals surface area contributed by atoms with Crippen molar-refractivity contribution in [3.05, 3.63) is 0 Å². The Kier molecular flexibility index (Phi) is 2.18. The molecule has 0 heterocycles. The smallest absolute Gasteiger partial charge is 0.0119 e. The van der Waals surface area contributed by atoms with Crippen LogP contribution in [0.1, 0.15) is 46.5 Å². The van der Waals surface area contributed by atoms with Crippen molar-refractivity contribution in [2.45, 2.75) is 52.5 Å². The average Bonchev–Trinajstić information content (AvgIpc) is 2.60. The lowest BCUT2D eigenvalue weighted by Gasteiger charge is -2.36. The Bertz CT molecular complexity index is 192. The predicted molar refractivity (Wildman–Crippen MR) is 56.4 cm³/mol. The molecule has 13 heavy (non-hydrogen) atoms. The SMILES string of the molecule is CC(C)(C)C(N)C1CC2CCC1C2. The highest BCUT2D eigenvalue weighted by Crippen LogP contribution is 2.51. The van der Waals surface area contributed by atoms with Crippen LogP contribution in [0.2, 0.25) is 0 Å². The Labute approximate surface area is 82.1 Å². The lowest BCUT2D eigenvalue weighted by Crippen LogP contribution is -2.43. The second-order valence-electron chi connectivity index (χ2n) is 6.23. The molecule has 0 aromatic heterocycles. The molecule has 1 heteroatoms. The molecule has 4 atom stereocenters. The van der Waals surface area contributed by atoms with Crippen molar-refractivity contribution in [3.8, 4) is 0 Å². The molecule has 0 spiro atoms. The number of hydrogen-bond acceptors (Lipinski definition) is 1. The fraction of sp³-hybridized carbons (Fsp3) is 1.00. The number of rotatable bonds is 1. The van der Waals surface area contributed by atoms with Gasteiger partial charge < -0.3 is 5.73 Å². The molecule has 4 unspecified atom stereocenters. The lowest BCUT2D eigenvalue weighted by atomic mass is 9.73. The molecule has 2 aliphatic rings. The monoisotopic (exact) mass is 181 g/mol. The maximum absolute atomic E-state index is 6.34. The van der Waals surface area contributed by atoms with Gasteiger partial charge in [-0.2, -0.15) is 0 Å². The Balaban J connectivity index is 2.02. The van der Waals surface area contributed by atoms with Gasteiger partial charge in [-0.1, -0.05) is 27.2 Å². The molecule has 0 aromatic rings. The Morgan fingerprint density at radius 1 is 1.15 bits per heavy atom. The van der Waals surface area contributed by atoms with E-state index in [0.29, 0.717) is 11.5 Å². The zero-order valence-electron chi connectivity index (χ0n) is 9.22. The molecule has 0 aromatic carbocycles. The van der Waals surface area contributed by atoms with E-state index in [0.717, 1.165) is 17.8 Å². The molecule has 0 saturated heterocycles. The van der Waals surface area contributed by atoms with Crippen molar-refractivity contribution in [2.24, 2.45) is 28.9 Å². The molecule has 2 fully saturated rings. The normalized spacial score (nSPS) is 41.1. The topological polar surface area (TPSA) is 26.0 Å². The number of fused-ring (bicyclic) bond motifs is 2. The summed E-state index contributed by atoms with van der Waals surface area (Å²) in [5.74, 6) is 2.83. The number of nitrogens with two attached hydrogens (primary N) is 1. The van der Waals surface area contributed by atoms with Gasteiger partial charge in [-0.25, -0.2) is 0 Å². The highest BCUT2D eigenvalue weighted by molar-refractivity contribution is 4.97. The fourth-order valence-electron chi connectivity index (χ4n) is 3.38. The Morgan fingerprint density at radius 3 is 2.23 bits per heavy atom. The van der Waals surface area contributed by atoms with Crippen molar-refractivity contribution in [2.75, 3.05) is 0 Å². The summed E-state index contributed by atoms with van der Waals surface area (Å²) in [6.07, 6.45) is 5.84. The standard InChI is InChI=1S/C12H23N/c1-12(2,3)11(13)10-7-8-4-5-9(10)6-8/h8-11H,4-7,13H2,1-3H3. The van der Waals surface area contributed by atoms with Crippen LogP contribution in [0.25, 0.3) is 0 Å². The first-order valence-electron chi connectivity index (χ1n) is 5.74. The highest BCUT2D eigenvalue weighted by atomic mass is 14.7. The molecule has 1 nitrogen and oxygen atoms in total. The molecule has 76 valence electrons. The van der Waals surface area contributed by atoms with Gasteiger partial charge >= 0.3 is 0 Å². The Hall–Kier alpha value is -0.0400. The van der Waals surface area contributed by atoms with Crippen molar-refractivity contribution < 1.29 is 0 Å². The molecule has 2 bridgehead atoms. The van der Waals surface area contributed by atoms with E-state index in [9.17, 15) is 0 Å². The molecule has 2 rings (SSSR count). The summed E-state index contributed by atoms with van der Waals surface area (Å²) in [4.78, 5) is 0. The third kappa shape index (κ3) is 1.63. The predicted octanol–water partition coefficient (Wildman–Crippen LogP) is 2.80. The largest absolute Gasteiger partial charge is 0.327 e. The third-order valence-electron chi connectivity index (χ3n) is 4.25. The van der Waals surface area contributed by atoms with Gasteiger partial charge in [-0.3, -0.25) is 0 Å². The summed E-state index contributed by atoms with van der Waals surface area (Å²) in [5, 5.41) is 0. The maximum atomic E-state index is 6.34. The van der Waals surface area contributed by atoms with Gasteiger partial charge in [0, 0.05) is 6.04 Å². The minimum absolute atomic E-state index is 0.301. The lowest BCUT2D eigenvalue weighted by molar-refractivity contribution is 0.179. The van der Waals surface area contributed by atoms with Crippen LogP contribution >= 0.6 is 0 Å². The van der Waals surface area contributed by atoms with Crippen LogP contribution in [0.5, 0.6) is 0 Å². The van der Waals surface area contributed by atoms with Gasteiger partial charge in [0.05, 0.1) is 0 Å². The molecular weight excluding hydrogens is 158 g/mol. The maximum Gasteiger partial charge on any atom is 0.0119 e. The van der Waals surface area contributed by atoms with Crippen molar-refractivity contribution in [1.82, 2.24) is 0 Å². The molecular formula is C12H23N.